The topological polar surface area (TPSA) is 32.3 Å². The largest absolute Gasteiger partial charge is 0.380 e. The number of hydrogen-bond donors (Lipinski definition) is 1. The maximum absolute atomic E-state index is 13.9. The monoisotopic (exact) mass is 494 g/mol. The van der Waals surface area contributed by atoms with E-state index in [1.807, 2.05) is 0 Å². The molecule has 0 bridgehead atoms. The van der Waals surface area contributed by atoms with Gasteiger partial charge in [0.05, 0.1) is 6.04 Å². The van der Waals surface area contributed by atoms with Crippen LogP contribution in [-0.2, 0) is 11.2 Å². The van der Waals surface area contributed by atoms with Crippen molar-refractivity contribution in [3.63, 3.8) is 0 Å². The average molecular weight is 496 g/mol. The Labute approximate surface area is 201 Å². The summed E-state index contributed by atoms with van der Waals surface area (Å²) in [4.78, 5) is 16.5. The standard InChI is InChI=1S/C28H35BrN2O/c29-24-11-6-10-23(19-24)20-15-17-31(18-16-20)27(28(32)22-8-2-1-3-9-22)26-14-13-21-7-4-5-12-25(21)30-26/h4-7,10-12,19-20,22,26-27,30H,1-3,8-9,13-18H2. The van der Waals surface area contributed by atoms with Crippen LogP contribution >= 0.6 is 15.9 Å². The molecular formula is C28H35BrN2O. The van der Waals surface area contributed by atoms with Crippen LogP contribution in [0.5, 0.6) is 0 Å². The number of fused-ring (bicyclic) bond motifs is 1. The number of nitrogens with one attached hydrogen (secondary N) is 1. The number of rotatable bonds is 5. The number of hydrogen-bond acceptors (Lipinski definition) is 3. The Balaban J connectivity index is 1.34. The molecule has 2 aromatic carbocycles. The lowest BCUT2D eigenvalue weighted by molar-refractivity contribution is -0.130. The molecule has 3 nitrogen and oxygen atoms in total. The number of anilines is 1. The average Bonchev–Trinajstić information content (AvgIpc) is 2.85. The molecule has 2 fully saturated rings. The third-order valence-corrected chi connectivity index (χ3v) is 8.50. The van der Waals surface area contributed by atoms with Crippen LogP contribution in [0.25, 0.3) is 0 Å². The molecular weight excluding hydrogens is 460 g/mol. The summed E-state index contributed by atoms with van der Waals surface area (Å²) in [6.07, 6.45) is 10.3. The van der Waals surface area contributed by atoms with Crippen LogP contribution in [-0.4, -0.2) is 35.9 Å². The number of para-hydroxylation sites is 1. The first-order valence-electron chi connectivity index (χ1n) is 12.6. The van der Waals surface area contributed by atoms with Crippen molar-refractivity contribution in [1.29, 1.82) is 0 Å². The van der Waals surface area contributed by atoms with Crippen LogP contribution in [0.4, 0.5) is 5.69 Å². The Morgan fingerprint density at radius 3 is 2.50 bits per heavy atom. The maximum atomic E-state index is 13.9. The van der Waals surface area contributed by atoms with Crippen molar-refractivity contribution in [1.82, 2.24) is 4.90 Å². The van der Waals surface area contributed by atoms with Gasteiger partial charge in [-0.2, -0.15) is 0 Å². The highest BCUT2D eigenvalue weighted by Crippen LogP contribution is 2.35. The van der Waals surface area contributed by atoms with Crippen LogP contribution in [0.15, 0.2) is 53.0 Å². The maximum Gasteiger partial charge on any atom is 0.155 e. The molecule has 1 saturated heterocycles. The van der Waals surface area contributed by atoms with Gasteiger partial charge >= 0.3 is 0 Å². The molecule has 3 aliphatic rings. The number of Topliss-reactive ketones (excluding diaryl/α,β-unsaturated/α-hetero) is 1. The SMILES string of the molecule is O=C(C1CCCCC1)C(C1CCc2ccccc2N1)N1CCC(c2cccc(Br)c2)CC1. The first kappa shape index (κ1) is 22.2. The summed E-state index contributed by atoms with van der Waals surface area (Å²) in [6.45, 7) is 2.03. The molecule has 0 spiro atoms. The van der Waals surface area contributed by atoms with E-state index >= 15 is 0 Å². The van der Waals surface area contributed by atoms with Crippen molar-refractivity contribution in [2.45, 2.75) is 75.8 Å². The quantitative estimate of drug-likeness (QED) is 0.509. The molecule has 2 heterocycles. The van der Waals surface area contributed by atoms with Crippen LogP contribution < -0.4 is 5.32 Å². The summed E-state index contributed by atoms with van der Waals surface area (Å²) < 4.78 is 1.16. The van der Waals surface area contributed by atoms with Gasteiger partial charge in [-0.05, 0) is 86.9 Å². The first-order chi connectivity index (χ1) is 15.7. The Hall–Kier alpha value is -1.65. The zero-order chi connectivity index (χ0) is 21.9. The number of likely N-dealkylation sites (tertiary alicyclic amines) is 1. The van der Waals surface area contributed by atoms with E-state index < -0.39 is 0 Å². The lowest BCUT2D eigenvalue weighted by Crippen LogP contribution is -2.56. The van der Waals surface area contributed by atoms with E-state index in [0.29, 0.717) is 11.7 Å². The summed E-state index contributed by atoms with van der Waals surface area (Å²) in [5.74, 6) is 1.37. The number of aryl methyl sites for hydroxylation is 1. The summed E-state index contributed by atoms with van der Waals surface area (Å²) in [5, 5.41) is 3.80. The summed E-state index contributed by atoms with van der Waals surface area (Å²) in [5.41, 5.74) is 4.05. The number of benzene rings is 2. The molecule has 0 radical (unpaired) electrons. The molecule has 2 atom stereocenters. The van der Waals surface area contributed by atoms with E-state index in [0.717, 1.165) is 56.1 Å². The lowest BCUT2D eigenvalue weighted by Gasteiger charge is -2.43. The van der Waals surface area contributed by atoms with Crippen LogP contribution in [0, 0.1) is 5.92 Å². The van der Waals surface area contributed by atoms with Crippen molar-refractivity contribution in [2.75, 3.05) is 18.4 Å². The van der Waals surface area contributed by atoms with Crippen molar-refractivity contribution in [3.8, 4) is 0 Å². The van der Waals surface area contributed by atoms with Gasteiger partial charge in [-0.25, -0.2) is 0 Å². The van der Waals surface area contributed by atoms with Gasteiger partial charge in [-0.3, -0.25) is 9.69 Å². The second-order valence-corrected chi connectivity index (χ2v) is 10.9. The van der Waals surface area contributed by atoms with Crippen LogP contribution in [0.1, 0.15) is 68.4 Å². The van der Waals surface area contributed by atoms with E-state index in [2.05, 4.69) is 74.7 Å². The predicted octanol–water partition coefficient (Wildman–Crippen LogP) is 6.57. The molecule has 5 rings (SSSR count). The van der Waals surface area contributed by atoms with E-state index in [4.69, 9.17) is 0 Å². The Bertz CT molecular complexity index is 931. The van der Waals surface area contributed by atoms with Gasteiger partial charge in [0.2, 0.25) is 0 Å². The number of carbonyl (C=O) groups excluding carboxylic acids is 1. The molecule has 1 N–H and O–H groups in total. The second kappa shape index (κ2) is 10.1. The molecule has 2 aliphatic heterocycles. The summed E-state index contributed by atoms with van der Waals surface area (Å²) >= 11 is 3.63. The highest BCUT2D eigenvalue weighted by molar-refractivity contribution is 9.10. The molecule has 0 amide bonds. The van der Waals surface area contributed by atoms with Gasteiger partial charge in [0.25, 0.3) is 0 Å². The van der Waals surface area contributed by atoms with Crippen molar-refractivity contribution in [2.24, 2.45) is 5.92 Å². The van der Waals surface area contributed by atoms with Gasteiger partial charge < -0.3 is 5.32 Å². The number of nitrogens with zero attached hydrogens (tertiary/aromatic N) is 1. The van der Waals surface area contributed by atoms with Crippen molar-refractivity contribution in [3.05, 3.63) is 64.1 Å². The van der Waals surface area contributed by atoms with Gasteiger partial charge in [0.1, 0.15) is 0 Å². The van der Waals surface area contributed by atoms with Crippen molar-refractivity contribution < 1.29 is 4.79 Å². The fourth-order valence-electron chi connectivity index (χ4n) is 6.23. The molecule has 4 heteroatoms. The number of halogens is 1. The molecule has 1 saturated carbocycles. The zero-order valence-corrected chi connectivity index (χ0v) is 20.5. The molecule has 32 heavy (non-hydrogen) atoms. The third kappa shape index (κ3) is 4.82. The highest BCUT2D eigenvalue weighted by atomic mass is 79.9. The van der Waals surface area contributed by atoms with E-state index in [-0.39, 0.29) is 18.0 Å². The third-order valence-electron chi connectivity index (χ3n) is 8.01. The predicted molar refractivity (Wildman–Crippen MR) is 135 cm³/mol. The first-order valence-corrected chi connectivity index (χ1v) is 13.4. The smallest absolute Gasteiger partial charge is 0.155 e. The van der Waals surface area contributed by atoms with Gasteiger partial charge in [0, 0.05) is 22.1 Å². The van der Waals surface area contributed by atoms with Gasteiger partial charge in [-0.1, -0.05) is 65.5 Å². The molecule has 2 unspecified atom stereocenters. The minimum absolute atomic E-state index is 0.00918. The minimum Gasteiger partial charge on any atom is -0.380 e. The Morgan fingerprint density at radius 1 is 0.938 bits per heavy atom. The van der Waals surface area contributed by atoms with E-state index in [1.54, 1.807) is 0 Å². The van der Waals surface area contributed by atoms with Gasteiger partial charge in [-0.15, -0.1) is 0 Å². The molecule has 0 aromatic heterocycles. The van der Waals surface area contributed by atoms with Crippen molar-refractivity contribution >= 4 is 27.4 Å². The Kier molecular flexibility index (Phi) is 6.99. The van der Waals surface area contributed by atoms with Crippen LogP contribution in [0.3, 0.4) is 0 Å². The number of ketones is 1. The highest BCUT2D eigenvalue weighted by Gasteiger charge is 2.40. The summed E-state index contributed by atoms with van der Waals surface area (Å²) in [6, 6.07) is 17.6. The Morgan fingerprint density at radius 2 is 1.72 bits per heavy atom. The summed E-state index contributed by atoms with van der Waals surface area (Å²) in [7, 11) is 0. The lowest BCUT2D eigenvalue weighted by atomic mass is 9.79. The van der Waals surface area contributed by atoms with E-state index in [1.165, 1.54) is 36.1 Å². The zero-order valence-electron chi connectivity index (χ0n) is 18.9. The number of carbonyl (C=O) groups is 1. The van der Waals surface area contributed by atoms with Crippen LogP contribution in [0.2, 0.25) is 0 Å². The van der Waals surface area contributed by atoms with E-state index in [9.17, 15) is 4.79 Å². The molecule has 1 aliphatic carbocycles. The minimum atomic E-state index is 0.00918. The fraction of sp³-hybridized carbons (Fsp3) is 0.536. The molecule has 2 aromatic rings. The second-order valence-electron chi connectivity index (χ2n) is 9.99. The fourth-order valence-corrected chi connectivity index (χ4v) is 6.65. The molecule has 170 valence electrons. The normalized spacial score (nSPS) is 23.8. The number of piperidine rings is 1. The van der Waals surface area contributed by atoms with Gasteiger partial charge in [0.15, 0.2) is 5.78 Å².